The average Bonchev–Trinajstić information content (AvgIpc) is 3.01. The van der Waals surface area contributed by atoms with Crippen molar-refractivity contribution in [3.8, 4) is 0 Å². The molecule has 6 nitrogen and oxygen atoms in total. The Morgan fingerprint density at radius 1 is 1.14 bits per heavy atom. The molecular weight excluding hydrogens is 285 g/mol. The van der Waals surface area contributed by atoms with Crippen molar-refractivity contribution < 1.29 is 13.2 Å². The van der Waals surface area contributed by atoms with Crippen LogP contribution in [-0.2, 0) is 6.18 Å². The molecule has 21 heavy (non-hydrogen) atoms. The minimum absolute atomic E-state index is 0.297. The van der Waals surface area contributed by atoms with E-state index in [2.05, 4.69) is 25.4 Å². The van der Waals surface area contributed by atoms with Gasteiger partial charge in [-0.15, -0.1) is 10.2 Å². The SMILES string of the molecule is FC(F)(F)c1ccc(N2CCC(c3ncn[nH]3)CC2)nn1. The Labute approximate surface area is 118 Å². The molecule has 1 saturated heterocycles. The molecule has 1 N–H and O–H groups in total. The Morgan fingerprint density at radius 2 is 1.90 bits per heavy atom. The molecule has 2 aromatic rings. The predicted octanol–water partition coefficient (Wildman–Crippen LogP) is 2.00. The maximum Gasteiger partial charge on any atom is 0.435 e. The Balaban J connectivity index is 1.64. The van der Waals surface area contributed by atoms with E-state index in [1.165, 1.54) is 12.4 Å². The maximum absolute atomic E-state index is 12.4. The molecule has 0 saturated carbocycles. The van der Waals surface area contributed by atoms with Crippen molar-refractivity contribution in [1.82, 2.24) is 25.4 Å². The van der Waals surface area contributed by atoms with Crippen molar-refractivity contribution in [2.45, 2.75) is 24.9 Å². The molecule has 3 heterocycles. The van der Waals surface area contributed by atoms with E-state index in [-0.39, 0.29) is 0 Å². The molecule has 0 bridgehead atoms. The van der Waals surface area contributed by atoms with Crippen LogP contribution in [0.15, 0.2) is 18.5 Å². The predicted molar refractivity (Wildman–Crippen MR) is 67.6 cm³/mol. The highest BCUT2D eigenvalue weighted by Crippen LogP contribution is 2.30. The summed E-state index contributed by atoms with van der Waals surface area (Å²) in [7, 11) is 0. The van der Waals surface area contributed by atoms with Crippen LogP contribution in [0.25, 0.3) is 0 Å². The normalized spacial score (nSPS) is 17.2. The third-order valence-electron chi connectivity index (χ3n) is 3.58. The van der Waals surface area contributed by atoms with Crippen LogP contribution in [0.3, 0.4) is 0 Å². The Morgan fingerprint density at radius 3 is 2.43 bits per heavy atom. The summed E-state index contributed by atoms with van der Waals surface area (Å²) in [6, 6.07) is 2.33. The summed E-state index contributed by atoms with van der Waals surface area (Å²) in [5, 5.41) is 13.6. The summed E-state index contributed by atoms with van der Waals surface area (Å²) >= 11 is 0. The molecule has 9 heteroatoms. The molecule has 0 aliphatic carbocycles. The van der Waals surface area contributed by atoms with Crippen LogP contribution in [0.4, 0.5) is 19.0 Å². The van der Waals surface area contributed by atoms with Gasteiger partial charge in [-0.2, -0.15) is 18.3 Å². The fourth-order valence-corrected chi connectivity index (χ4v) is 2.44. The number of piperidine rings is 1. The maximum atomic E-state index is 12.4. The average molecular weight is 298 g/mol. The van der Waals surface area contributed by atoms with Gasteiger partial charge in [0.1, 0.15) is 12.2 Å². The molecule has 0 spiro atoms. The van der Waals surface area contributed by atoms with Gasteiger partial charge in [0.05, 0.1) is 0 Å². The highest BCUT2D eigenvalue weighted by Gasteiger charge is 2.33. The number of anilines is 1. The van der Waals surface area contributed by atoms with Crippen molar-refractivity contribution >= 4 is 5.82 Å². The molecule has 0 amide bonds. The van der Waals surface area contributed by atoms with Crippen LogP contribution in [0, 0.1) is 0 Å². The molecule has 112 valence electrons. The first-order chi connectivity index (χ1) is 10.0. The molecule has 1 aliphatic heterocycles. The van der Waals surface area contributed by atoms with E-state index in [0.717, 1.165) is 24.7 Å². The number of halogens is 3. The second-order valence-electron chi connectivity index (χ2n) is 4.91. The van der Waals surface area contributed by atoms with Crippen LogP contribution in [-0.4, -0.2) is 38.5 Å². The third-order valence-corrected chi connectivity index (χ3v) is 3.58. The summed E-state index contributed by atoms with van der Waals surface area (Å²) < 4.78 is 37.3. The number of hydrogen-bond acceptors (Lipinski definition) is 5. The topological polar surface area (TPSA) is 70.6 Å². The molecule has 0 aromatic carbocycles. The van der Waals surface area contributed by atoms with E-state index in [1.54, 1.807) is 0 Å². The number of hydrogen-bond donors (Lipinski definition) is 1. The molecule has 2 aromatic heterocycles. The lowest BCUT2D eigenvalue weighted by molar-refractivity contribution is -0.141. The van der Waals surface area contributed by atoms with Gasteiger partial charge >= 0.3 is 6.18 Å². The third kappa shape index (κ3) is 2.96. The number of aromatic amines is 1. The summed E-state index contributed by atoms with van der Waals surface area (Å²) in [6.45, 7) is 1.40. The number of aromatic nitrogens is 5. The number of nitrogens with one attached hydrogen (secondary N) is 1. The molecule has 0 radical (unpaired) electrons. The van der Waals surface area contributed by atoms with E-state index in [9.17, 15) is 13.2 Å². The highest BCUT2D eigenvalue weighted by atomic mass is 19.4. The van der Waals surface area contributed by atoms with Gasteiger partial charge in [-0.25, -0.2) is 4.98 Å². The van der Waals surface area contributed by atoms with E-state index < -0.39 is 11.9 Å². The van der Waals surface area contributed by atoms with Crippen LogP contribution in [0.1, 0.15) is 30.3 Å². The summed E-state index contributed by atoms with van der Waals surface area (Å²) in [5.41, 5.74) is -0.970. The van der Waals surface area contributed by atoms with Gasteiger partial charge in [-0.1, -0.05) is 0 Å². The van der Waals surface area contributed by atoms with Gasteiger partial charge in [0.2, 0.25) is 0 Å². The lowest BCUT2D eigenvalue weighted by Crippen LogP contribution is -2.34. The first kappa shape index (κ1) is 13.8. The fraction of sp³-hybridized carbons (Fsp3) is 0.500. The number of H-pyrrole nitrogens is 1. The van der Waals surface area contributed by atoms with Gasteiger partial charge in [-0.3, -0.25) is 5.10 Å². The second kappa shape index (κ2) is 5.30. The molecular formula is C12H13F3N6. The van der Waals surface area contributed by atoms with Gasteiger partial charge in [0, 0.05) is 19.0 Å². The molecule has 0 atom stereocenters. The summed E-state index contributed by atoms with van der Waals surface area (Å²) in [4.78, 5) is 6.07. The van der Waals surface area contributed by atoms with E-state index in [4.69, 9.17) is 0 Å². The number of rotatable bonds is 2. The Kier molecular flexibility index (Phi) is 3.48. The second-order valence-corrected chi connectivity index (χ2v) is 4.91. The fourth-order valence-electron chi connectivity index (χ4n) is 2.44. The van der Waals surface area contributed by atoms with Crippen molar-refractivity contribution in [3.63, 3.8) is 0 Å². The van der Waals surface area contributed by atoms with Crippen molar-refractivity contribution in [3.05, 3.63) is 30.0 Å². The Bertz CT molecular complexity index is 572. The first-order valence-electron chi connectivity index (χ1n) is 6.55. The monoisotopic (exact) mass is 298 g/mol. The quantitative estimate of drug-likeness (QED) is 0.918. The van der Waals surface area contributed by atoms with Gasteiger partial charge in [0.15, 0.2) is 11.5 Å². The van der Waals surface area contributed by atoms with E-state index in [0.29, 0.717) is 24.8 Å². The van der Waals surface area contributed by atoms with Crippen LogP contribution < -0.4 is 4.90 Å². The zero-order valence-corrected chi connectivity index (χ0v) is 11.0. The van der Waals surface area contributed by atoms with E-state index >= 15 is 0 Å². The zero-order chi connectivity index (χ0) is 14.9. The summed E-state index contributed by atoms with van der Waals surface area (Å²) in [6.07, 6.45) is -1.29. The molecule has 3 rings (SSSR count). The van der Waals surface area contributed by atoms with Gasteiger partial charge in [0.25, 0.3) is 0 Å². The van der Waals surface area contributed by atoms with Crippen molar-refractivity contribution in [2.24, 2.45) is 0 Å². The first-order valence-corrected chi connectivity index (χ1v) is 6.55. The number of nitrogens with zero attached hydrogens (tertiary/aromatic N) is 5. The molecule has 1 fully saturated rings. The largest absolute Gasteiger partial charge is 0.435 e. The van der Waals surface area contributed by atoms with Crippen LogP contribution in [0.5, 0.6) is 0 Å². The van der Waals surface area contributed by atoms with Gasteiger partial charge in [-0.05, 0) is 25.0 Å². The minimum atomic E-state index is -4.45. The van der Waals surface area contributed by atoms with Gasteiger partial charge < -0.3 is 4.90 Å². The van der Waals surface area contributed by atoms with Crippen molar-refractivity contribution in [2.75, 3.05) is 18.0 Å². The summed E-state index contributed by atoms with van der Waals surface area (Å²) in [5.74, 6) is 1.62. The standard InChI is InChI=1S/C12H13F3N6/c13-12(14,15)9-1-2-10(19-18-9)21-5-3-8(4-6-21)11-16-7-17-20-11/h1-2,7-8H,3-6H2,(H,16,17,20). The lowest BCUT2D eigenvalue weighted by atomic mass is 9.96. The van der Waals surface area contributed by atoms with Crippen molar-refractivity contribution in [1.29, 1.82) is 0 Å². The van der Waals surface area contributed by atoms with Crippen LogP contribution >= 0.6 is 0 Å². The smallest absolute Gasteiger partial charge is 0.355 e. The number of alkyl halides is 3. The molecule has 1 aliphatic rings. The lowest BCUT2D eigenvalue weighted by Gasteiger charge is -2.31. The van der Waals surface area contributed by atoms with Crippen LogP contribution in [0.2, 0.25) is 0 Å². The Hall–Kier alpha value is -2.19. The molecule has 0 unspecified atom stereocenters. The zero-order valence-electron chi connectivity index (χ0n) is 11.0. The van der Waals surface area contributed by atoms with E-state index in [1.807, 2.05) is 4.90 Å². The minimum Gasteiger partial charge on any atom is -0.355 e. The highest BCUT2D eigenvalue weighted by molar-refractivity contribution is 5.38.